The summed E-state index contributed by atoms with van der Waals surface area (Å²) in [5.74, 6) is -2.77. The molecule has 3 aromatic carbocycles. The maximum absolute atomic E-state index is 13.4. The van der Waals surface area contributed by atoms with E-state index in [2.05, 4.69) is 5.32 Å². The summed E-state index contributed by atoms with van der Waals surface area (Å²) < 4.78 is 18.6. The molecule has 2 unspecified atom stereocenters. The molecular formula is C28H24N2O6S. The molecule has 0 saturated carbocycles. The molecule has 0 radical (unpaired) electrons. The molecule has 37 heavy (non-hydrogen) atoms. The third-order valence-electron chi connectivity index (χ3n) is 6.25. The second-order valence-electron chi connectivity index (χ2n) is 8.73. The first kappa shape index (κ1) is 24.6. The van der Waals surface area contributed by atoms with Crippen molar-refractivity contribution in [3.63, 3.8) is 0 Å². The van der Waals surface area contributed by atoms with Gasteiger partial charge in [-0.05, 0) is 27.9 Å². The Morgan fingerprint density at radius 2 is 1.51 bits per heavy atom. The number of aliphatic hydroxyl groups excluding tert-OH is 1. The second-order valence-corrected chi connectivity index (χ2v) is 10.3. The third-order valence-corrected chi connectivity index (χ3v) is 7.83. The Kier molecular flexibility index (Phi) is 6.98. The van der Waals surface area contributed by atoms with Crippen molar-refractivity contribution in [2.45, 2.75) is 23.9 Å². The minimum absolute atomic E-state index is 0.0514. The maximum atomic E-state index is 13.4. The normalized spacial score (nSPS) is 20.8. The van der Waals surface area contributed by atoms with E-state index in [1.54, 1.807) is 24.3 Å². The van der Waals surface area contributed by atoms with E-state index in [1.807, 2.05) is 66.7 Å². The minimum atomic E-state index is -1.72. The lowest BCUT2D eigenvalue weighted by molar-refractivity contribution is -0.155. The highest BCUT2D eigenvalue weighted by Crippen LogP contribution is 2.38. The fourth-order valence-corrected chi connectivity index (χ4v) is 6.01. The second kappa shape index (κ2) is 10.5. The van der Waals surface area contributed by atoms with E-state index < -0.39 is 52.2 Å². The Morgan fingerprint density at radius 3 is 2.08 bits per heavy atom. The van der Waals surface area contributed by atoms with Gasteiger partial charge in [0.2, 0.25) is 11.3 Å². The van der Waals surface area contributed by atoms with E-state index in [0.717, 1.165) is 10.5 Å². The van der Waals surface area contributed by atoms with Crippen LogP contribution in [0, 0.1) is 0 Å². The van der Waals surface area contributed by atoms with E-state index in [1.165, 1.54) is 0 Å². The van der Waals surface area contributed by atoms with Gasteiger partial charge in [-0.3, -0.25) is 14.5 Å². The van der Waals surface area contributed by atoms with Crippen LogP contribution in [0.3, 0.4) is 0 Å². The number of β-lactam (4-membered cyclic amide) rings is 1. The van der Waals surface area contributed by atoms with E-state index >= 15 is 0 Å². The van der Waals surface area contributed by atoms with Crippen LogP contribution in [-0.4, -0.2) is 49.5 Å². The SMILES string of the molecule is O=C(Cc1ccccc1)NC1C(=O)N2C(C(=O)OC(c3ccccc3)c3ccccc3)=C(O)C[S+]([O-])[C@@H]12. The molecule has 3 atom stereocenters. The van der Waals surface area contributed by atoms with Crippen LogP contribution in [0.4, 0.5) is 0 Å². The molecule has 0 aromatic heterocycles. The number of carbonyl (C=O) groups is 3. The predicted molar refractivity (Wildman–Crippen MR) is 136 cm³/mol. The maximum Gasteiger partial charge on any atom is 0.359 e. The molecule has 2 N–H and O–H groups in total. The lowest BCUT2D eigenvalue weighted by atomic mass is 10.0. The molecule has 8 nitrogen and oxygen atoms in total. The molecule has 2 heterocycles. The average Bonchev–Trinajstić information content (AvgIpc) is 2.91. The van der Waals surface area contributed by atoms with Crippen LogP contribution in [0.2, 0.25) is 0 Å². The lowest BCUT2D eigenvalue weighted by Crippen LogP contribution is -2.75. The van der Waals surface area contributed by atoms with E-state index in [-0.39, 0.29) is 17.9 Å². The van der Waals surface area contributed by atoms with Crippen LogP contribution in [0.5, 0.6) is 0 Å². The molecule has 2 aliphatic rings. The molecule has 0 bridgehead atoms. The number of amides is 2. The van der Waals surface area contributed by atoms with Gasteiger partial charge in [-0.15, -0.1) is 0 Å². The monoisotopic (exact) mass is 516 g/mol. The number of aliphatic hydroxyl groups is 1. The van der Waals surface area contributed by atoms with Gasteiger partial charge in [-0.25, -0.2) is 4.79 Å². The zero-order valence-electron chi connectivity index (χ0n) is 19.7. The number of nitrogens with zero attached hydrogens (tertiary/aromatic N) is 1. The highest BCUT2D eigenvalue weighted by atomic mass is 32.2. The number of rotatable bonds is 7. The Labute approximate surface area is 216 Å². The Bertz CT molecular complexity index is 1290. The van der Waals surface area contributed by atoms with Crippen molar-refractivity contribution in [3.05, 3.63) is 119 Å². The third kappa shape index (κ3) is 4.96. The van der Waals surface area contributed by atoms with Crippen LogP contribution in [0.25, 0.3) is 0 Å². The average molecular weight is 517 g/mol. The van der Waals surface area contributed by atoms with Gasteiger partial charge in [0.1, 0.15) is 0 Å². The van der Waals surface area contributed by atoms with Gasteiger partial charge in [0.25, 0.3) is 5.91 Å². The first-order valence-corrected chi connectivity index (χ1v) is 13.1. The molecule has 9 heteroatoms. The Morgan fingerprint density at radius 1 is 0.973 bits per heavy atom. The summed E-state index contributed by atoms with van der Waals surface area (Å²) in [5.41, 5.74) is 1.83. The molecule has 0 aliphatic carbocycles. The van der Waals surface area contributed by atoms with Crippen LogP contribution >= 0.6 is 0 Å². The molecule has 3 aromatic rings. The summed E-state index contributed by atoms with van der Waals surface area (Å²) in [6.45, 7) is 0. The summed E-state index contributed by atoms with van der Waals surface area (Å²) in [7, 11) is 0. The smallest absolute Gasteiger partial charge is 0.359 e. The van der Waals surface area contributed by atoms with Crippen molar-refractivity contribution in [3.8, 4) is 0 Å². The Hall–Kier alpha value is -4.08. The summed E-state index contributed by atoms with van der Waals surface area (Å²) in [6.07, 6.45) is -0.741. The fraction of sp³-hybridized carbons (Fsp3) is 0.179. The number of benzene rings is 3. The van der Waals surface area contributed by atoms with Gasteiger partial charge in [0.05, 0.1) is 6.42 Å². The van der Waals surface area contributed by atoms with Gasteiger partial charge in [-0.2, -0.15) is 0 Å². The van der Waals surface area contributed by atoms with Gasteiger partial charge in [0.15, 0.2) is 29.4 Å². The van der Waals surface area contributed by atoms with Gasteiger partial charge in [-0.1, -0.05) is 91.0 Å². The van der Waals surface area contributed by atoms with E-state index in [0.29, 0.717) is 11.1 Å². The first-order chi connectivity index (χ1) is 17.9. The number of hydrogen-bond donors (Lipinski definition) is 2. The molecule has 0 spiro atoms. The molecular weight excluding hydrogens is 492 g/mol. The number of carbonyl (C=O) groups excluding carboxylic acids is 3. The van der Waals surface area contributed by atoms with E-state index in [4.69, 9.17) is 4.74 Å². The van der Waals surface area contributed by atoms with Crippen molar-refractivity contribution in [2.75, 3.05) is 5.75 Å². The van der Waals surface area contributed by atoms with Crippen molar-refractivity contribution in [1.29, 1.82) is 0 Å². The van der Waals surface area contributed by atoms with Crippen LogP contribution in [0.1, 0.15) is 22.8 Å². The molecule has 5 rings (SSSR count). The quantitative estimate of drug-likeness (QED) is 0.283. The number of ether oxygens (including phenoxy) is 1. The molecule has 1 saturated heterocycles. The van der Waals surface area contributed by atoms with Crippen LogP contribution < -0.4 is 5.32 Å². The van der Waals surface area contributed by atoms with Crippen LogP contribution in [0.15, 0.2) is 102 Å². The summed E-state index contributed by atoms with van der Waals surface area (Å²) >= 11 is -1.72. The number of esters is 1. The molecule has 2 aliphatic heterocycles. The van der Waals surface area contributed by atoms with Gasteiger partial charge in [0, 0.05) is 0 Å². The summed E-state index contributed by atoms with van der Waals surface area (Å²) in [6, 6.07) is 26.1. The predicted octanol–water partition coefficient (Wildman–Crippen LogP) is 2.75. The largest absolute Gasteiger partial charge is 0.614 e. The molecule has 2 amide bonds. The standard InChI is InChI=1S/C28H24N2O6S/c31-21-17-37(35)27-23(29-22(32)16-18-10-4-1-5-11-18)26(33)30(27)24(21)28(34)36-25(19-12-6-2-7-13-19)20-14-8-3-9-15-20/h1-15,23,25,27,31H,16-17H2,(H,29,32)/t23?,27-,37?/m0/s1. The fourth-order valence-electron chi connectivity index (χ4n) is 4.50. The van der Waals surface area contributed by atoms with Crippen molar-refractivity contribution >= 4 is 29.0 Å². The highest BCUT2D eigenvalue weighted by molar-refractivity contribution is 7.92. The topological polar surface area (TPSA) is 119 Å². The van der Waals surface area contributed by atoms with Crippen molar-refractivity contribution in [1.82, 2.24) is 10.2 Å². The summed E-state index contributed by atoms with van der Waals surface area (Å²) in [4.78, 5) is 39.9. The molecule has 188 valence electrons. The molecule has 1 fully saturated rings. The summed E-state index contributed by atoms with van der Waals surface area (Å²) in [5, 5.41) is 12.2. The lowest BCUT2D eigenvalue weighted by Gasteiger charge is -2.48. The van der Waals surface area contributed by atoms with Gasteiger partial charge < -0.3 is 19.7 Å². The minimum Gasteiger partial charge on any atom is -0.614 e. The number of hydrogen-bond acceptors (Lipinski definition) is 6. The number of fused-ring (bicyclic) bond motifs is 1. The van der Waals surface area contributed by atoms with Gasteiger partial charge >= 0.3 is 5.97 Å². The van der Waals surface area contributed by atoms with Crippen LogP contribution in [-0.2, 0) is 36.7 Å². The zero-order valence-corrected chi connectivity index (χ0v) is 20.5. The number of nitrogens with one attached hydrogen (secondary N) is 1. The zero-order chi connectivity index (χ0) is 25.9. The van der Waals surface area contributed by atoms with Crippen molar-refractivity contribution in [2.24, 2.45) is 0 Å². The van der Waals surface area contributed by atoms with E-state index in [9.17, 15) is 24.0 Å². The first-order valence-electron chi connectivity index (χ1n) is 11.7. The van der Waals surface area contributed by atoms with Crippen molar-refractivity contribution < 1.29 is 28.8 Å². The highest BCUT2D eigenvalue weighted by Gasteiger charge is 2.61. The Balaban J connectivity index is 1.35.